The summed E-state index contributed by atoms with van der Waals surface area (Å²) >= 11 is 0. The topological polar surface area (TPSA) is 29.5 Å². The largest absolute Gasteiger partial charge is 0.445 e. The maximum atomic E-state index is 10.6. The number of cyclic esters (lactones) is 1. The molecule has 0 saturated carbocycles. The summed E-state index contributed by atoms with van der Waals surface area (Å²) in [5.41, 5.74) is 1.07. The molecule has 0 aromatic heterocycles. The first-order valence-electron chi connectivity index (χ1n) is 2.77. The summed E-state index contributed by atoms with van der Waals surface area (Å²) in [6.45, 7) is 2.35. The molecular formula is C6H9NO2. The Labute approximate surface area is 53.9 Å². The average molecular weight is 127 g/mol. The van der Waals surface area contributed by atoms with Gasteiger partial charge in [0.15, 0.2) is 0 Å². The lowest BCUT2D eigenvalue weighted by Crippen LogP contribution is -2.27. The lowest BCUT2D eigenvalue weighted by molar-refractivity contribution is 0.123. The lowest BCUT2D eigenvalue weighted by atomic mass is 10.3. The minimum Gasteiger partial charge on any atom is -0.445 e. The van der Waals surface area contributed by atoms with E-state index in [1.54, 1.807) is 13.2 Å². The summed E-state index contributed by atoms with van der Waals surface area (Å²) in [6.07, 6.45) is 1.49. The van der Waals surface area contributed by atoms with Crippen LogP contribution in [0, 0.1) is 0 Å². The molecule has 0 radical (unpaired) electrons. The number of nitrogens with zero attached hydrogens (tertiary/aromatic N) is 1. The zero-order valence-electron chi connectivity index (χ0n) is 5.55. The molecule has 0 aromatic rings. The predicted molar refractivity (Wildman–Crippen MR) is 32.9 cm³/mol. The molecule has 1 aliphatic heterocycles. The Hall–Kier alpha value is -0.990. The zero-order chi connectivity index (χ0) is 6.85. The fraction of sp³-hybridized carbons (Fsp3) is 0.500. The third-order valence-electron chi connectivity index (χ3n) is 1.13. The Morgan fingerprint density at radius 3 is 2.89 bits per heavy atom. The van der Waals surface area contributed by atoms with Crippen LogP contribution in [0.15, 0.2) is 11.8 Å². The minimum absolute atomic E-state index is 0.277. The summed E-state index contributed by atoms with van der Waals surface area (Å²) in [5, 5.41) is 0. The molecule has 0 atom stereocenters. The van der Waals surface area contributed by atoms with Gasteiger partial charge < -0.3 is 4.74 Å². The van der Waals surface area contributed by atoms with Crippen LogP contribution in [0.2, 0.25) is 0 Å². The van der Waals surface area contributed by atoms with Crippen LogP contribution in [0.5, 0.6) is 0 Å². The highest BCUT2D eigenvalue weighted by atomic mass is 16.6. The van der Waals surface area contributed by atoms with E-state index in [9.17, 15) is 4.79 Å². The van der Waals surface area contributed by atoms with Crippen molar-refractivity contribution in [2.45, 2.75) is 6.92 Å². The van der Waals surface area contributed by atoms with Crippen molar-refractivity contribution in [1.29, 1.82) is 0 Å². The van der Waals surface area contributed by atoms with Crippen LogP contribution in [-0.4, -0.2) is 24.6 Å². The maximum Gasteiger partial charge on any atom is 0.413 e. The Bertz CT molecular complexity index is 162. The highest BCUT2D eigenvalue weighted by Crippen LogP contribution is 2.05. The summed E-state index contributed by atoms with van der Waals surface area (Å²) in [6, 6.07) is 0. The molecule has 9 heavy (non-hydrogen) atoms. The number of carbonyl (C=O) groups excluding carboxylic acids is 1. The molecule has 3 heteroatoms. The molecule has 1 amide bonds. The first kappa shape index (κ1) is 6.13. The normalized spacial score (nSPS) is 19.1. The molecule has 0 fully saturated rings. The van der Waals surface area contributed by atoms with Gasteiger partial charge in [-0.1, -0.05) is 0 Å². The standard InChI is InChI=1S/C6H9NO2/c1-5-3-7(2)6(8)9-4-5/h3H,4H2,1-2H3. The second-order valence-corrected chi connectivity index (χ2v) is 2.14. The third-order valence-corrected chi connectivity index (χ3v) is 1.13. The second-order valence-electron chi connectivity index (χ2n) is 2.14. The van der Waals surface area contributed by atoms with E-state index in [-0.39, 0.29) is 6.09 Å². The second kappa shape index (κ2) is 2.09. The van der Waals surface area contributed by atoms with Crippen molar-refractivity contribution in [3.05, 3.63) is 11.8 Å². The molecule has 50 valence electrons. The smallest absolute Gasteiger partial charge is 0.413 e. The van der Waals surface area contributed by atoms with E-state index in [0.717, 1.165) is 5.57 Å². The molecule has 1 rings (SSSR count). The summed E-state index contributed by atoms with van der Waals surface area (Å²) in [7, 11) is 1.67. The fourth-order valence-electron chi connectivity index (χ4n) is 0.698. The van der Waals surface area contributed by atoms with Crippen molar-refractivity contribution in [1.82, 2.24) is 4.90 Å². The minimum atomic E-state index is -0.277. The van der Waals surface area contributed by atoms with Gasteiger partial charge in [-0.2, -0.15) is 0 Å². The van der Waals surface area contributed by atoms with Crippen LogP contribution < -0.4 is 0 Å². The van der Waals surface area contributed by atoms with Gasteiger partial charge in [0.05, 0.1) is 0 Å². The Morgan fingerprint density at radius 1 is 1.78 bits per heavy atom. The molecule has 0 unspecified atom stereocenters. The molecule has 1 heterocycles. The monoisotopic (exact) mass is 127 g/mol. The van der Waals surface area contributed by atoms with E-state index < -0.39 is 0 Å². The number of rotatable bonds is 0. The van der Waals surface area contributed by atoms with Crippen LogP contribution in [0.3, 0.4) is 0 Å². The maximum absolute atomic E-state index is 10.6. The number of carbonyl (C=O) groups is 1. The van der Waals surface area contributed by atoms with Crippen molar-refractivity contribution >= 4 is 6.09 Å². The Kier molecular flexibility index (Phi) is 1.42. The summed E-state index contributed by atoms with van der Waals surface area (Å²) in [4.78, 5) is 12.0. The molecule has 0 spiro atoms. The lowest BCUT2D eigenvalue weighted by Gasteiger charge is -2.18. The van der Waals surface area contributed by atoms with Gasteiger partial charge in [-0.25, -0.2) is 4.79 Å². The van der Waals surface area contributed by atoms with E-state index in [0.29, 0.717) is 6.61 Å². The number of ether oxygens (including phenoxy) is 1. The first-order valence-corrected chi connectivity index (χ1v) is 2.77. The van der Waals surface area contributed by atoms with Crippen LogP contribution in [0.1, 0.15) is 6.92 Å². The van der Waals surface area contributed by atoms with Crippen molar-refractivity contribution < 1.29 is 9.53 Å². The third kappa shape index (κ3) is 1.22. The molecule has 0 N–H and O–H groups in total. The molecule has 0 bridgehead atoms. The molecule has 3 nitrogen and oxygen atoms in total. The van der Waals surface area contributed by atoms with Gasteiger partial charge in [-0.15, -0.1) is 0 Å². The number of hydrogen-bond donors (Lipinski definition) is 0. The number of amides is 1. The van der Waals surface area contributed by atoms with Gasteiger partial charge in [0, 0.05) is 13.2 Å². The van der Waals surface area contributed by atoms with Gasteiger partial charge in [0.2, 0.25) is 0 Å². The van der Waals surface area contributed by atoms with Gasteiger partial charge in [0.25, 0.3) is 0 Å². The first-order chi connectivity index (χ1) is 4.20. The quantitative estimate of drug-likeness (QED) is 0.485. The van der Waals surface area contributed by atoms with E-state index in [2.05, 4.69) is 0 Å². The molecular weight excluding hydrogens is 118 g/mol. The van der Waals surface area contributed by atoms with Crippen LogP contribution in [-0.2, 0) is 4.74 Å². The molecule has 1 aliphatic rings. The van der Waals surface area contributed by atoms with Crippen LogP contribution in [0.4, 0.5) is 4.79 Å². The van der Waals surface area contributed by atoms with Crippen molar-refractivity contribution in [3.63, 3.8) is 0 Å². The van der Waals surface area contributed by atoms with E-state index in [1.165, 1.54) is 4.90 Å². The van der Waals surface area contributed by atoms with Gasteiger partial charge in [0.1, 0.15) is 6.61 Å². The van der Waals surface area contributed by atoms with Crippen molar-refractivity contribution in [3.8, 4) is 0 Å². The van der Waals surface area contributed by atoms with Crippen molar-refractivity contribution in [2.24, 2.45) is 0 Å². The van der Waals surface area contributed by atoms with E-state index in [1.807, 2.05) is 6.92 Å². The van der Waals surface area contributed by atoms with Gasteiger partial charge >= 0.3 is 6.09 Å². The highest BCUT2D eigenvalue weighted by molar-refractivity contribution is 5.69. The predicted octanol–water partition coefficient (Wildman–Crippen LogP) is 0.972. The number of hydrogen-bond acceptors (Lipinski definition) is 2. The van der Waals surface area contributed by atoms with Gasteiger partial charge in [-0.05, 0) is 12.5 Å². The SMILES string of the molecule is CC1=CN(C)C(=O)OC1. The van der Waals surface area contributed by atoms with E-state index >= 15 is 0 Å². The average Bonchev–Trinajstić information content (AvgIpc) is 1.80. The summed E-state index contributed by atoms with van der Waals surface area (Å²) < 4.78 is 4.72. The van der Waals surface area contributed by atoms with E-state index in [4.69, 9.17) is 4.74 Å². The summed E-state index contributed by atoms with van der Waals surface area (Å²) in [5.74, 6) is 0. The Morgan fingerprint density at radius 2 is 2.44 bits per heavy atom. The molecule has 0 aromatic carbocycles. The highest BCUT2D eigenvalue weighted by Gasteiger charge is 2.12. The Balaban J connectivity index is 2.69. The fourth-order valence-corrected chi connectivity index (χ4v) is 0.698. The van der Waals surface area contributed by atoms with Crippen LogP contribution in [0.25, 0.3) is 0 Å². The molecule has 0 saturated heterocycles. The van der Waals surface area contributed by atoms with Gasteiger partial charge in [-0.3, -0.25) is 4.90 Å². The van der Waals surface area contributed by atoms with Crippen molar-refractivity contribution in [2.75, 3.05) is 13.7 Å². The van der Waals surface area contributed by atoms with Crippen LogP contribution >= 0.6 is 0 Å². The zero-order valence-corrected chi connectivity index (χ0v) is 5.55. The molecule has 0 aliphatic carbocycles.